The molecule has 6 heteroatoms. The standard InChI is InChI=1S/C13H24N2O4/c1-3-13(2,14)12(18)15-7-4-10(5-8-15)19-9-6-11(16)17/h10H,3-9,14H2,1-2H3,(H,16,17). The topological polar surface area (TPSA) is 92.9 Å². The zero-order valence-electron chi connectivity index (χ0n) is 11.7. The fraction of sp³-hybridized carbons (Fsp3) is 0.846. The van der Waals surface area contributed by atoms with Gasteiger partial charge in [0.2, 0.25) is 5.91 Å². The molecule has 1 aliphatic rings. The number of carbonyl (C=O) groups is 2. The van der Waals surface area contributed by atoms with Crippen LogP contribution in [0.3, 0.4) is 0 Å². The van der Waals surface area contributed by atoms with Crippen LogP contribution in [-0.4, -0.2) is 53.2 Å². The lowest BCUT2D eigenvalue weighted by molar-refractivity contribution is -0.140. The highest BCUT2D eigenvalue weighted by atomic mass is 16.5. The Morgan fingerprint density at radius 3 is 2.47 bits per heavy atom. The molecule has 1 atom stereocenters. The van der Waals surface area contributed by atoms with Crippen LogP contribution in [0.4, 0.5) is 0 Å². The van der Waals surface area contributed by atoms with E-state index >= 15 is 0 Å². The average molecular weight is 272 g/mol. The Kier molecular flexibility index (Phi) is 5.75. The molecule has 0 aliphatic carbocycles. The van der Waals surface area contributed by atoms with Gasteiger partial charge in [0, 0.05) is 13.1 Å². The molecule has 0 aromatic heterocycles. The molecule has 0 radical (unpaired) electrons. The maximum Gasteiger partial charge on any atom is 0.305 e. The van der Waals surface area contributed by atoms with Crippen LogP contribution in [-0.2, 0) is 14.3 Å². The maximum absolute atomic E-state index is 12.1. The largest absolute Gasteiger partial charge is 0.481 e. The lowest BCUT2D eigenvalue weighted by Crippen LogP contribution is -2.55. The fourth-order valence-corrected chi connectivity index (χ4v) is 2.05. The van der Waals surface area contributed by atoms with Crippen LogP contribution in [0.25, 0.3) is 0 Å². The average Bonchev–Trinajstić information content (AvgIpc) is 2.38. The molecule has 0 bridgehead atoms. The van der Waals surface area contributed by atoms with Crippen molar-refractivity contribution < 1.29 is 19.4 Å². The van der Waals surface area contributed by atoms with E-state index in [1.54, 1.807) is 11.8 Å². The lowest BCUT2D eigenvalue weighted by atomic mass is 9.96. The number of rotatable bonds is 6. The van der Waals surface area contributed by atoms with E-state index in [9.17, 15) is 9.59 Å². The van der Waals surface area contributed by atoms with E-state index in [1.165, 1.54) is 0 Å². The maximum atomic E-state index is 12.1. The van der Waals surface area contributed by atoms with Crippen molar-refractivity contribution >= 4 is 11.9 Å². The van der Waals surface area contributed by atoms with Crippen LogP contribution in [0.2, 0.25) is 0 Å². The number of amides is 1. The van der Waals surface area contributed by atoms with Gasteiger partial charge in [-0.3, -0.25) is 9.59 Å². The number of carboxylic acid groups (broad SMARTS) is 1. The van der Waals surface area contributed by atoms with Crippen LogP contribution in [0.5, 0.6) is 0 Å². The molecule has 1 unspecified atom stereocenters. The molecule has 0 saturated carbocycles. The van der Waals surface area contributed by atoms with Gasteiger partial charge in [-0.25, -0.2) is 0 Å². The quantitative estimate of drug-likeness (QED) is 0.738. The van der Waals surface area contributed by atoms with Crippen molar-refractivity contribution in [2.75, 3.05) is 19.7 Å². The van der Waals surface area contributed by atoms with Crippen molar-refractivity contribution in [3.05, 3.63) is 0 Å². The third-order valence-electron chi connectivity index (χ3n) is 3.62. The smallest absolute Gasteiger partial charge is 0.305 e. The Balaban J connectivity index is 2.33. The second kappa shape index (κ2) is 6.86. The Morgan fingerprint density at radius 2 is 2.00 bits per heavy atom. The minimum absolute atomic E-state index is 0.0148. The van der Waals surface area contributed by atoms with Crippen molar-refractivity contribution in [1.29, 1.82) is 0 Å². The predicted octanol–water partition coefficient (Wildman–Crippen LogP) is 0.596. The number of nitrogens with zero attached hydrogens (tertiary/aromatic N) is 1. The number of piperidine rings is 1. The summed E-state index contributed by atoms with van der Waals surface area (Å²) in [6.45, 7) is 5.15. The van der Waals surface area contributed by atoms with Crippen LogP contribution < -0.4 is 5.73 Å². The fourth-order valence-electron chi connectivity index (χ4n) is 2.05. The van der Waals surface area contributed by atoms with Crippen molar-refractivity contribution in [2.45, 2.75) is 51.2 Å². The van der Waals surface area contributed by atoms with Crippen LogP contribution >= 0.6 is 0 Å². The summed E-state index contributed by atoms with van der Waals surface area (Å²) in [6, 6.07) is 0. The summed E-state index contributed by atoms with van der Waals surface area (Å²) < 4.78 is 5.48. The number of carbonyl (C=O) groups excluding carboxylic acids is 1. The van der Waals surface area contributed by atoms with E-state index in [4.69, 9.17) is 15.6 Å². The van der Waals surface area contributed by atoms with Gasteiger partial charge in [-0.1, -0.05) is 6.92 Å². The molecule has 3 N–H and O–H groups in total. The molecule has 1 fully saturated rings. The minimum Gasteiger partial charge on any atom is -0.481 e. The van der Waals surface area contributed by atoms with E-state index in [-0.39, 0.29) is 25.0 Å². The molecule has 0 spiro atoms. The Morgan fingerprint density at radius 1 is 1.42 bits per heavy atom. The normalized spacial score (nSPS) is 20.1. The Bertz CT molecular complexity index is 323. The minimum atomic E-state index is -0.852. The summed E-state index contributed by atoms with van der Waals surface area (Å²) in [4.78, 5) is 24.3. The summed E-state index contributed by atoms with van der Waals surface area (Å²) in [5, 5.41) is 8.53. The van der Waals surface area contributed by atoms with Gasteiger partial charge < -0.3 is 20.5 Å². The molecule has 1 amide bonds. The number of nitrogens with two attached hydrogens (primary N) is 1. The van der Waals surface area contributed by atoms with Gasteiger partial charge >= 0.3 is 5.97 Å². The van der Waals surface area contributed by atoms with Gasteiger partial charge in [0.05, 0.1) is 24.7 Å². The highest BCUT2D eigenvalue weighted by Crippen LogP contribution is 2.18. The molecule has 0 aromatic rings. The summed E-state index contributed by atoms with van der Waals surface area (Å²) in [5.41, 5.74) is 5.16. The van der Waals surface area contributed by atoms with Gasteiger partial charge in [0.1, 0.15) is 0 Å². The van der Waals surface area contributed by atoms with E-state index in [2.05, 4.69) is 0 Å². The summed E-state index contributed by atoms with van der Waals surface area (Å²) in [5.74, 6) is -0.867. The number of likely N-dealkylation sites (tertiary alicyclic amines) is 1. The van der Waals surface area contributed by atoms with E-state index in [1.807, 2.05) is 6.92 Å². The first-order chi connectivity index (χ1) is 8.86. The van der Waals surface area contributed by atoms with E-state index in [0.717, 1.165) is 12.8 Å². The van der Waals surface area contributed by atoms with Crippen molar-refractivity contribution in [1.82, 2.24) is 4.90 Å². The summed E-state index contributed by atoms with van der Waals surface area (Å²) in [6.07, 6.45) is 2.17. The van der Waals surface area contributed by atoms with Gasteiger partial charge in [0.15, 0.2) is 0 Å². The molecule has 6 nitrogen and oxygen atoms in total. The third kappa shape index (κ3) is 4.80. The predicted molar refractivity (Wildman–Crippen MR) is 70.7 cm³/mol. The number of hydrogen-bond acceptors (Lipinski definition) is 4. The van der Waals surface area contributed by atoms with E-state index < -0.39 is 11.5 Å². The third-order valence-corrected chi connectivity index (χ3v) is 3.62. The second-order valence-electron chi connectivity index (χ2n) is 5.28. The number of hydrogen-bond donors (Lipinski definition) is 2. The number of carboxylic acids is 1. The first-order valence-electron chi connectivity index (χ1n) is 6.78. The van der Waals surface area contributed by atoms with Gasteiger partial charge in [-0.15, -0.1) is 0 Å². The Hall–Kier alpha value is -1.14. The molecule has 1 heterocycles. The Labute approximate surface area is 113 Å². The molecule has 1 saturated heterocycles. The van der Waals surface area contributed by atoms with Gasteiger partial charge in [-0.05, 0) is 26.2 Å². The van der Waals surface area contributed by atoms with E-state index in [0.29, 0.717) is 19.5 Å². The number of ether oxygens (including phenoxy) is 1. The first-order valence-corrected chi connectivity index (χ1v) is 6.78. The summed E-state index contributed by atoms with van der Waals surface area (Å²) >= 11 is 0. The molecule has 19 heavy (non-hydrogen) atoms. The van der Waals surface area contributed by atoms with Crippen LogP contribution in [0, 0.1) is 0 Å². The zero-order valence-corrected chi connectivity index (χ0v) is 11.7. The SMILES string of the molecule is CCC(C)(N)C(=O)N1CCC(OCCC(=O)O)CC1. The van der Waals surface area contributed by atoms with Crippen molar-refractivity contribution in [2.24, 2.45) is 5.73 Å². The number of aliphatic carboxylic acids is 1. The monoisotopic (exact) mass is 272 g/mol. The summed E-state index contributed by atoms with van der Waals surface area (Å²) in [7, 11) is 0. The molecule has 110 valence electrons. The molecule has 1 aliphatic heterocycles. The van der Waals surface area contributed by atoms with Crippen LogP contribution in [0.1, 0.15) is 39.5 Å². The van der Waals surface area contributed by atoms with Gasteiger partial charge in [-0.2, -0.15) is 0 Å². The second-order valence-corrected chi connectivity index (χ2v) is 5.28. The van der Waals surface area contributed by atoms with Crippen LogP contribution in [0.15, 0.2) is 0 Å². The highest BCUT2D eigenvalue weighted by Gasteiger charge is 2.33. The molecule has 0 aromatic carbocycles. The molecular weight excluding hydrogens is 248 g/mol. The first kappa shape index (κ1) is 15.9. The van der Waals surface area contributed by atoms with Gasteiger partial charge in [0.25, 0.3) is 0 Å². The molecule has 1 rings (SSSR count). The lowest BCUT2D eigenvalue weighted by Gasteiger charge is -2.36. The highest BCUT2D eigenvalue weighted by molar-refractivity contribution is 5.85. The molecular formula is C13H24N2O4. The van der Waals surface area contributed by atoms with Crippen molar-refractivity contribution in [3.63, 3.8) is 0 Å². The van der Waals surface area contributed by atoms with Crippen molar-refractivity contribution in [3.8, 4) is 0 Å². The zero-order chi connectivity index (χ0) is 14.5.